The Morgan fingerprint density at radius 2 is 2.19 bits per heavy atom. The molecule has 32 heavy (non-hydrogen) atoms. The number of aryl methyl sites for hydroxylation is 1. The molecule has 1 amide bonds. The Morgan fingerprint density at radius 3 is 2.88 bits per heavy atom. The first-order chi connectivity index (χ1) is 15.4. The molecule has 2 N–H and O–H groups in total. The normalized spacial score (nSPS) is 20.2. The Labute approximate surface area is 183 Å². The molecule has 11 heteroatoms. The molecule has 0 aromatic carbocycles. The van der Waals surface area contributed by atoms with Gasteiger partial charge in [0.2, 0.25) is 0 Å². The number of fused-ring (bicyclic) bond motifs is 1. The first kappa shape index (κ1) is 19.9. The lowest BCUT2D eigenvalue weighted by atomic mass is 9.72. The van der Waals surface area contributed by atoms with Crippen molar-refractivity contribution in [2.45, 2.75) is 30.9 Å². The molecule has 1 saturated carbocycles. The van der Waals surface area contributed by atoms with Gasteiger partial charge in [0, 0.05) is 25.9 Å². The monoisotopic (exact) mass is 431 g/mol. The minimum absolute atomic E-state index is 0.128. The second-order valence-corrected chi connectivity index (χ2v) is 8.04. The van der Waals surface area contributed by atoms with Gasteiger partial charge in [0.05, 0.1) is 59.6 Å². The maximum absolute atomic E-state index is 11.6. The van der Waals surface area contributed by atoms with Crippen LogP contribution in [0.2, 0.25) is 0 Å². The molecule has 4 aromatic heterocycles. The number of aromatic nitrogens is 7. The zero-order valence-corrected chi connectivity index (χ0v) is 17.6. The highest BCUT2D eigenvalue weighted by Crippen LogP contribution is 2.43. The molecule has 0 unspecified atom stereocenters. The zero-order valence-electron chi connectivity index (χ0n) is 17.6. The van der Waals surface area contributed by atoms with Gasteiger partial charge in [0.15, 0.2) is 5.69 Å². The summed E-state index contributed by atoms with van der Waals surface area (Å²) in [5, 5.41) is 22.5. The van der Waals surface area contributed by atoms with Gasteiger partial charge < -0.3 is 10.5 Å². The molecule has 0 saturated heterocycles. The summed E-state index contributed by atoms with van der Waals surface area (Å²) in [6.45, 7) is 0. The van der Waals surface area contributed by atoms with E-state index in [1.165, 1.54) is 0 Å². The first-order valence-electron chi connectivity index (χ1n) is 10.1. The fourth-order valence-electron chi connectivity index (χ4n) is 4.31. The molecule has 4 aromatic rings. The fourth-order valence-corrected chi connectivity index (χ4v) is 4.31. The minimum atomic E-state index is -0.605. The Kier molecular flexibility index (Phi) is 4.53. The van der Waals surface area contributed by atoms with Gasteiger partial charge in [-0.05, 0) is 25.0 Å². The smallest absolute Gasteiger partial charge is 0.269 e. The zero-order chi connectivity index (χ0) is 22.5. The second kappa shape index (κ2) is 7.28. The van der Waals surface area contributed by atoms with Crippen LogP contribution in [0.3, 0.4) is 0 Å². The lowest BCUT2D eigenvalue weighted by molar-refractivity contribution is -0.0542. The van der Waals surface area contributed by atoms with Crippen LogP contribution in [-0.2, 0) is 17.3 Å². The highest BCUT2D eigenvalue weighted by Gasteiger charge is 2.47. The van der Waals surface area contributed by atoms with Crippen molar-refractivity contribution in [3.05, 3.63) is 42.6 Å². The van der Waals surface area contributed by atoms with Crippen LogP contribution in [0.1, 0.15) is 29.8 Å². The summed E-state index contributed by atoms with van der Waals surface area (Å²) in [4.78, 5) is 16.4. The third kappa shape index (κ3) is 3.04. The Hall–Kier alpha value is -4.04. The third-order valence-corrected chi connectivity index (χ3v) is 6.08. The summed E-state index contributed by atoms with van der Waals surface area (Å²) in [5.41, 5.74) is 8.67. The molecule has 1 fully saturated rings. The van der Waals surface area contributed by atoms with Crippen LogP contribution in [-0.4, -0.2) is 53.3 Å². The van der Waals surface area contributed by atoms with Crippen molar-refractivity contribution in [3.63, 3.8) is 0 Å². The van der Waals surface area contributed by atoms with Gasteiger partial charge in [0.1, 0.15) is 5.69 Å². The van der Waals surface area contributed by atoms with E-state index in [1.54, 1.807) is 48.0 Å². The van der Waals surface area contributed by atoms with E-state index in [-0.39, 0.29) is 17.3 Å². The van der Waals surface area contributed by atoms with Crippen LogP contribution in [0, 0.1) is 11.3 Å². The van der Waals surface area contributed by atoms with Crippen LogP contribution in [0.15, 0.2) is 36.9 Å². The van der Waals surface area contributed by atoms with Crippen molar-refractivity contribution in [3.8, 4) is 28.7 Å². The molecule has 1 aliphatic rings. The molecular weight excluding hydrogens is 410 g/mol. The van der Waals surface area contributed by atoms with Crippen LogP contribution in [0.4, 0.5) is 0 Å². The molecule has 1 aliphatic carbocycles. The number of nitrogens with zero attached hydrogens (tertiary/aromatic N) is 8. The molecule has 5 rings (SSSR count). The molecular formula is C21H21N9O2. The summed E-state index contributed by atoms with van der Waals surface area (Å²) < 4.78 is 10.6. The Morgan fingerprint density at radius 1 is 1.38 bits per heavy atom. The summed E-state index contributed by atoms with van der Waals surface area (Å²) in [6.07, 6.45) is 9.09. The summed E-state index contributed by atoms with van der Waals surface area (Å²) in [5.74, 6) is -0.605. The lowest BCUT2D eigenvalue weighted by Crippen LogP contribution is -2.50. The highest BCUT2D eigenvalue weighted by atomic mass is 16.5. The predicted octanol–water partition coefficient (Wildman–Crippen LogP) is 1.51. The van der Waals surface area contributed by atoms with E-state index in [0.717, 1.165) is 23.9 Å². The van der Waals surface area contributed by atoms with E-state index in [1.807, 2.05) is 16.9 Å². The molecule has 4 heterocycles. The summed E-state index contributed by atoms with van der Waals surface area (Å²) in [7, 11) is 3.41. The third-order valence-electron chi connectivity index (χ3n) is 6.08. The molecule has 0 radical (unpaired) electrons. The molecule has 0 atom stereocenters. The summed E-state index contributed by atoms with van der Waals surface area (Å²) in [6, 6.07) is 5.76. The van der Waals surface area contributed by atoms with E-state index in [9.17, 15) is 10.1 Å². The van der Waals surface area contributed by atoms with Gasteiger partial charge in [-0.3, -0.25) is 14.2 Å². The second-order valence-electron chi connectivity index (χ2n) is 8.04. The largest absolute Gasteiger partial charge is 0.381 e. The van der Waals surface area contributed by atoms with Crippen molar-refractivity contribution in [2.75, 3.05) is 7.11 Å². The maximum atomic E-state index is 11.6. The molecule has 11 nitrogen and oxygen atoms in total. The topological polar surface area (TPSA) is 142 Å². The lowest BCUT2D eigenvalue weighted by Gasteiger charge is -2.45. The van der Waals surface area contributed by atoms with Crippen molar-refractivity contribution in [2.24, 2.45) is 12.8 Å². The van der Waals surface area contributed by atoms with Gasteiger partial charge in [-0.25, -0.2) is 9.50 Å². The molecule has 162 valence electrons. The first-order valence-corrected chi connectivity index (χ1v) is 10.1. The van der Waals surface area contributed by atoms with Crippen molar-refractivity contribution in [1.29, 1.82) is 5.26 Å². The van der Waals surface area contributed by atoms with Crippen LogP contribution in [0.5, 0.6) is 0 Å². The van der Waals surface area contributed by atoms with Crippen LogP contribution >= 0.6 is 0 Å². The number of ether oxygens (including phenoxy) is 1. The van der Waals surface area contributed by atoms with E-state index in [2.05, 4.69) is 21.4 Å². The quantitative estimate of drug-likeness (QED) is 0.487. The van der Waals surface area contributed by atoms with Crippen molar-refractivity contribution < 1.29 is 9.53 Å². The number of nitriles is 1. The Balaban J connectivity index is 1.59. The average Bonchev–Trinajstić information content (AvgIpc) is 3.48. The molecule has 0 aliphatic heterocycles. The fraction of sp³-hybridized carbons (Fsp3) is 0.333. The number of carbonyl (C=O) groups is 1. The van der Waals surface area contributed by atoms with Gasteiger partial charge in [-0.1, -0.05) is 0 Å². The van der Waals surface area contributed by atoms with E-state index in [4.69, 9.17) is 15.5 Å². The highest BCUT2D eigenvalue weighted by molar-refractivity contribution is 5.92. The van der Waals surface area contributed by atoms with E-state index >= 15 is 0 Å². The number of methoxy groups -OCH3 is 1. The number of primary amides is 1. The standard InChI is InChI=1S/C21H21N9O2/c1-28-18(7-15(27-28)20(23)31)16-12-29-17(3-6-24-29)19(26-16)13-10-25-30(11-13)21(4-5-22)8-14(9-21)32-2/h3,6-7,10-12,14H,4,8-9H2,1-2H3,(H2,23,31). The van der Waals surface area contributed by atoms with Gasteiger partial charge >= 0.3 is 0 Å². The SMILES string of the molecule is COC1CC(CC#N)(n2cc(-c3nc(-c4cc(C(N)=O)nn4C)cn4nccc34)cn2)C1. The average molecular weight is 431 g/mol. The molecule has 0 spiro atoms. The number of hydrogen-bond acceptors (Lipinski definition) is 7. The van der Waals surface area contributed by atoms with E-state index in [0.29, 0.717) is 23.5 Å². The maximum Gasteiger partial charge on any atom is 0.269 e. The van der Waals surface area contributed by atoms with Gasteiger partial charge in [-0.2, -0.15) is 20.6 Å². The van der Waals surface area contributed by atoms with Gasteiger partial charge in [-0.15, -0.1) is 0 Å². The number of rotatable bonds is 6. The predicted molar refractivity (Wildman–Crippen MR) is 113 cm³/mol. The van der Waals surface area contributed by atoms with Crippen molar-refractivity contribution in [1.82, 2.24) is 34.2 Å². The van der Waals surface area contributed by atoms with E-state index < -0.39 is 5.91 Å². The number of nitrogens with two attached hydrogens (primary N) is 1. The number of hydrogen-bond donors (Lipinski definition) is 1. The number of amides is 1. The summed E-state index contributed by atoms with van der Waals surface area (Å²) >= 11 is 0. The minimum Gasteiger partial charge on any atom is -0.381 e. The number of carbonyl (C=O) groups excluding carboxylic acids is 1. The molecule has 0 bridgehead atoms. The van der Waals surface area contributed by atoms with Crippen molar-refractivity contribution >= 4 is 11.4 Å². The van der Waals surface area contributed by atoms with Crippen LogP contribution in [0.25, 0.3) is 28.2 Å². The van der Waals surface area contributed by atoms with Gasteiger partial charge in [0.25, 0.3) is 5.91 Å². The Bertz CT molecular complexity index is 1370. The van der Waals surface area contributed by atoms with Crippen LogP contribution < -0.4 is 5.73 Å².